The lowest BCUT2D eigenvalue weighted by Gasteiger charge is -2.15. The molecule has 0 unspecified atom stereocenters. The molecule has 1 aliphatic heterocycles. The molecule has 1 aromatic heterocycles. The molecule has 0 N–H and O–H groups in total. The van der Waals surface area contributed by atoms with Crippen LogP contribution in [0.2, 0.25) is 0 Å². The number of imide groups is 1. The van der Waals surface area contributed by atoms with Gasteiger partial charge in [0.15, 0.2) is 0 Å². The van der Waals surface area contributed by atoms with E-state index < -0.39 is 5.41 Å². The summed E-state index contributed by atoms with van der Waals surface area (Å²) in [6, 6.07) is 5.22. The van der Waals surface area contributed by atoms with Crippen LogP contribution in [0.5, 0.6) is 11.5 Å². The van der Waals surface area contributed by atoms with E-state index >= 15 is 0 Å². The van der Waals surface area contributed by atoms with E-state index in [1.165, 1.54) is 7.11 Å². The van der Waals surface area contributed by atoms with Gasteiger partial charge < -0.3 is 14.0 Å². The SMILES string of the molecule is COc1ccc(-c2noc(CN3C(=O)CC(C)(C)C3=O)n2)c(OC)c1. The molecule has 2 heterocycles. The summed E-state index contributed by atoms with van der Waals surface area (Å²) in [5, 5.41) is 3.92. The van der Waals surface area contributed by atoms with E-state index in [4.69, 9.17) is 14.0 Å². The maximum atomic E-state index is 12.3. The Balaban J connectivity index is 1.84. The zero-order chi connectivity index (χ0) is 18.2. The van der Waals surface area contributed by atoms with Crippen LogP contribution in [-0.4, -0.2) is 41.1 Å². The van der Waals surface area contributed by atoms with Gasteiger partial charge in [-0.25, -0.2) is 0 Å². The first-order valence-corrected chi connectivity index (χ1v) is 7.75. The van der Waals surface area contributed by atoms with Gasteiger partial charge in [-0.05, 0) is 12.1 Å². The third kappa shape index (κ3) is 3.07. The Morgan fingerprint density at radius 1 is 1.24 bits per heavy atom. The summed E-state index contributed by atoms with van der Waals surface area (Å²) >= 11 is 0. The molecule has 1 aliphatic rings. The van der Waals surface area contributed by atoms with Crippen LogP contribution >= 0.6 is 0 Å². The number of ether oxygens (including phenoxy) is 2. The van der Waals surface area contributed by atoms with Crippen molar-refractivity contribution in [3.63, 3.8) is 0 Å². The second-order valence-corrected chi connectivity index (χ2v) is 6.42. The lowest BCUT2D eigenvalue weighted by molar-refractivity contribution is -0.141. The predicted molar refractivity (Wildman–Crippen MR) is 86.8 cm³/mol. The Labute approximate surface area is 144 Å². The molecule has 2 aromatic rings. The van der Waals surface area contributed by atoms with Gasteiger partial charge in [0.05, 0.1) is 25.2 Å². The van der Waals surface area contributed by atoms with Crippen LogP contribution in [0.3, 0.4) is 0 Å². The topological polar surface area (TPSA) is 94.8 Å². The molecule has 1 saturated heterocycles. The average molecular weight is 345 g/mol. The van der Waals surface area contributed by atoms with Crippen molar-refractivity contribution >= 4 is 11.8 Å². The quantitative estimate of drug-likeness (QED) is 0.765. The van der Waals surface area contributed by atoms with Crippen molar-refractivity contribution in [3.05, 3.63) is 24.1 Å². The van der Waals surface area contributed by atoms with Crippen LogP contribution in [0.1, 0.15) is 26.2 Å². The van der Waals surface area contributed by atoms with E-state index in [0.29, 0.717) is 22.9 Å². The Kier molecular flexibility index (Phi) is 4.20. The van der Waals surface area contributed by atoms with Crippen LogP contribution in [0.15, 0.2) is 22.7 Å². The summed E-state index contributed by atoms with van der Waals surface area (Å²) in [5.41, 5.74) is -0.0724. The number of benzene rings is 1. The Morgan fingerprint density at radius 3 is 2.60 bits per heavy atom. The minimum atomic E-state index is -0.695. The van der Waals surface area contributed by atoms with E-state index in [9.17, 15) is 9.59 Å². The first-order valence-electron chi connectivity index (χ1n) is 7.75. The summed E-state index contributed by atoms with van der Waals surface area (Å²) < 4.78 is 15.7. The average Bonchev–Trinajstić information content (AvgIpc) is 3.12. The van der Waals surface area contributed by atoms with Crippen molar-refractivity contribution in [2.24, 2.45) is 5.41 Å². The van der Waals surface area contributed by atoms with Gasteiger partial charge in [-0.15, -0.1) is 0 Å². The van der Waals surface area contributed by atoms with Crippen molar-refractivity contribution in [2.45, 2.75) is 26.8 Å². The number of amides is 2. The van der Waals surface area contributed by atoms with E-state index in [1.54, 1.807) is 39.2 Å². The van der Waals surface area contributed by atoms with E-state index in [-0.39, 0.29) is 30.7 Å². The van der Waals surface area contributed by atoms with Gasteiger partial charge in [-0.2, -0.15) is 4.98 Å². The van der Waals surface area contributed by atoms with Gasteiger partial charge >= 0.3 is 0 Å². The molecule has 0 bridgehead atoms. The minimum Gasteiger partial charge on any atom is -0.497 e. The molecule has 1 aromatic carbocycles. The molecular formula is C17H19N3O5. The molecule has 132 valence electrons. The summed E-state index contributed by atoms with van der Waals surface area (Å²) in [7, 11) is 3.09. The lowest BCUT2D eigenvalue weighted by Crippen LogP contribution is -2.32. The highest BCUT2D eigenvalue weighted by Gasteiger charge is 2.45. The number of carbonyl (C=O) groups is 2. The molecule has 1 fully saturated rings. The molecule has 0 atom stereocenters. The fourth-order valence-corrected chi connectivity index (χ4v) is 2.73. The van der Waals surface area contributed by atoms with Crippen molar-refractivity contribution in [1.29, 1.82) is 0 Å². The second kappa shape index (κ2) is 6.19. The summed E-state index contributed by atoms with van der Waals surface area (Å²) in [6.45, 7) is 3.45. The van der Waals surface area contributed by atoms with Gasteiger partial charge in [0.2, 0.25) is 23.5 Å². The maximum absolute atomic E-state index is 12.3. The smallest absolute Gasteiger partial charge is 0.247 e. The largest absolute Gasteiger partial charge is 0.497 e. The van der Waals surface area contributed by atoms with E-state index in [1.807, 2.05) is 0 Å². The minimum absolute atomic E-state index is 0.0352. The fourth-order valence-electron chi connectivity index (χ4n) is 2.73. The van der Waals surface area contributed by atoms with Crippen LogP contribution in [0, 0.1) is 5.41 Å². The number of hydrogen-bond donors (Lipinski definition) is 0. The molecule has 0 spiro atoms. The zero-order valence-corrected chi connectivity index (χ0v) is 14.5. The Bertz CT molecular complexity index is 827. The first-order chi connectivity index (χ1) is 11.9. The highest BCUT2D eigenvalue weighted by Crippen LogP contribution is 2.34. The van der Waals surface area contributed by atoms with Crippen molar-refractivity contribution in [3.8, 4) is 22.9 Å². The summed E-state index contributed by atoms with van der Waals surface area (Å²) in [5.74, 6) is 1.19. The molecule has 3 rings (SSSR count). The maximum Gasteiger partial charge on any atom is 0.247 e. The van der Waals surface area contributed by atoms with Gasteiger partial charge in [-0.1, -0.05) is 19.0 Å². The predicted octanol–water partition coefficient (Wildman–Crippen LogP) is 2.04. The van der Waals surface area contributed by atoms with Gasteiger partial charge in [0.1, 0.15) is 18.0 Å². The monoisotopic (exact) mass is 345 g/mol. The molecule has 0 aliphatic carbocycles. The number of nitrogens with zero attached hydrogens (tertiary/aromatic N) is 3. The van der Waals surface area contributed by atoms with Gasteiger partial charge in [0, 0.05) is 12.5 Å². The standard InChI is InChI=1S/C17H19N3O5/c1-17(2)8-14(21)20(16(17)22)9-13-18-15(19-25-13)11-6-5-10(23-3)7-12(11)24-4/h5-7H,8-9H2,1-4H3. The lowest BCUT2D eigenvalue weighted by atomic mass is 9.92. The van der Waals surface area contributed by atoms with Crippen molar-refractivity contribution < 1.29 is 23.6 Å². The van der Waals surface area contributed by atoms with Gasteiger partial charge in [-0.3, -0.25) is 14.5 Å². The Hall–Kier alpha value is -2.90. The molecule has 0 saturated carbocycles. The number of methoxy groups -OCH3 is 2. The first kappa shape index (κ1) is 16.9. The van der Waals surface area contributed by atoms with E-state index in [2.05, 4.69) is 10.1 Å². The number of hydrogen-bond acceptors (Lipinski definition) is 7. The van der Waals surface area contributed by atoms with Crippen LogP contribution in [0.4, 0.5) is 0 Å². The summed E-state index contributed by atoms with van der Waals surface area (Å²) in [6.07, 6.45) is 0.180. The molecule has 8 heteroatoms. The highest BCUT2D eigenvalue weighted by molar-refractivity contribution is 6.05. The van der Waals surface area contributed by atoms with Crippen LogP contribution in [0.25, 0.3) is 11.4 Å². The van der Waals surface area contributed by atoms with Crippen molar-refractivity contribution in [1.82, 2.24) is 15.0 Å². The van der Waals surface area contributed by atoms with Crippen LogP contribution < -0.4 is 9.47 Å². The molecule has 8 nitrogen and oxygen atoms in total. The Morgan fingerprint density at radius 2 is 2.00 bits per heavy atom. The molecule has 2 amide bonds. The highest BCUT2D eigenvalue weighted by atomic mass is 16.5. The number of likely N-dealkylation sites (tertiary alicyclic amines) is 1. The number of rotatable bonds is 5. The van der Waals surface area contributed by atoms with Crippen LogP contribution in [-0.2, 0) is 16.1 Å². The van der Waals surface area contributed by atoms with E-state index in [0.717, 1.165) is 4.90 Å². The zero-order valence-electron chi connectivity index (χ0n) is 14.5. The molecular weight excluding hydrogens is 326 g/mol. The third-order valence-electron chi connectivity index (χ3n) is 4.13. The third-order valence-corrected chi connectivity index (χ3v) is 4.13. The number of aromatic nitrogens is 2. The molecule has 25 heavy (non-hydrogen) atoms. The molecule has 0 radical (unpaired) electrons. The second-order valence-electron chi connectivity index (χ2n) is 6.42. The van der Waals surface area contributed by atoms with Gasteiger partial charge in [0.25, 0.3) is 0 Å². The normalized spacial score (nSPS) is 16.4. The number of carbonyl (C=O) groups excluding carboxylic acids is 2. The summed E-state index contributed by atoms with van der Waals surface area (Å²) in [4.78, 5) is 29.7. The fraction of sp³-hybridized carbons (Fsp3) is 0.412. The van der Waals surface area contributed by atoms with Crippen molar-refractivity contribution in [2.75, 3.05) is 14.2 Å².